The van der Waals surface area contributed by atoms with Crippen LogP contribution in [0.3, 0.4) is 0 Å². The van der Waals surface area contributed by atoms with Crippen molar-refractivity contribution in [3.63, 3.8) is 0 Å². The van der Waals surface area contributed by atoms with Crippen LogP contribution in [0.4, 0.5) is 5.13 Å². The van der Waals surface area contributed by atoms with E-state index in [1.54, 1.807) is 0 Å². The molecule has 5 nitrogen and oxygen atoms in total. The second kappa shape index (κ2) is 7.90. The van der Waals surface area contributed by atoms with Crippen LogP contribution >= 0.6 is 11.3 Å². The fourth-order valence-electron chi connectivity index (χ4n) is 2.76. The molecule has 1 aromatic rings. The van der Waals surface area contributed by atoms with E-state index in [1.165, 1.54) is 11.3 Å². The number of nitrogens with one attached hydrogen (secondary N) is 1. The third kappa shape index (κ3) is 5.03. The summed E-state index contributed by atoms with van der Waals surface area (Å²) in [6.07, 6.45) is 2.32. The van der Waals surface area contributed by atoms with Crippen LogP contribution < -0.4 is 5.32 Å². The molecule has 6 heteroatoms. The molecule has 1 aliphatic rings. The van der Waals surface area contributed by atoms with Crippen molar-refractivity contribution in [1.82, 2.24) is 9.88 Å². The number of rotatable bonds is 5. The number of nitrogens with zero attached hydrogens (tertiary/aromatic N) is 2. The van der Waals surface area contributed by atoms with Crippen LogP contribution in [0.2, 0.25) is 0 Å². The zero-order chi connectivity index (χ0) is 17.0. The second-order valence-electron chi connectivity index (χ2n) is 6.91. The Morgan fingerprint density at radius 2 is 1.96 bits per heavy atom. The van der Waals surface area contributed by atoms with Gasteiger partial charge in [-0.2, -0.15) is 0 Å². The summed E-state index contributed by atoms with van der Waals surface area (Å²) in [5, 5.41) is 5.59. The predicted octanol–water partition coefficient (Wildman–Crippen LogP) is 3.49. The Morgan fingerprint density at radius 3 is 2.48 bits per heavy atom. The zero-order valence-electron chi connectivity index (χ0n) is 14.5. The Balaban J connectivity index is 1.77. The maximum Gasteiger partial charge on any atom is 0.226 e. The van der Waals surface area contributed by atoms with Gasteiger partial charge in [0.1, 0.15) is 0 Å². The van der Waals surface area contributed by atoms with Crippen molar-refractivity contribution in [2.45, 2.75) is 52.9 Å². The van der Waals surface area contributed by atoms with Gasteiger partial charge in [-0.15, -0.1) is 11.3 Å². The summed E-state index contributed by atoms with van der Waals surface area (Å²) < 4.78 is 0. The molecule has 0 aromatic carbocycles. The monoisotopic (exact) mass is 337 g/mol. The van der Waals surface area contributed by atoms with Gasteiger partial charge in [-0.25, -0.2) is 4.98 Å². The van der Waals surface area contributed by atoms with Crippen LogP contribution in [-0.4, -0.2) is 34.8 Å². The minimum absolute atomic E-state index is 0.0308. The predicted molar refractivity (Wildman–Crippen MR) is 93.6 cm³/mol. The molecule has 0 atom stereocenters. The van der Waals surface area contributed by atoms with Crippen molar-refractivity contribution in [1.29, 1.82) is 0 Å². The average molecular weight is 337 g/mol. The normalized spacial score (nSPS) is 16.2. The lowest BCUT2D eigenvalue weighted by Crippen LogP contribution is -2.41. The lowest BCUT2D eigenvalue weighted by Gasteiger charge is -2.32. The van der Waals surface area contributed by atoms with Gasteiger partial charge >= 0.3 is 0 Å². The minimum Gasteiger partial charge on any atom is -0.342 e. The van der Waals surface area contributed by atoms with Gasteiger partial charge in [0.05, 0.1) is 5.69 Å². The van der Waals surface area contributed by atoms with Gasteiger partial charge in [-0.05, 0) is 24.7 Å². The molecule has 1 fully saturated rings. The molecule has 2 rings (SSSR count). The molecule has 1 saturated heterocycles. The Bertz CT molecular complexity index is 546. The van der Waals surface area contributed by atoms with Gasteiger partial charge in [0.15, 0.2) is 5.13 Å². The highest BCUT2D eigenvalue weighted by Gasteiger charge is 2.25. The molecule has 0 aliphatic carbocycles. The van der Waals surface area contributed by atoms with Gasteiger partial charge in [0.2, 0.25) is 11.8 Å². The molecule has 1 N–H and O–H groups in total. The highest BCUT2D eigenvalue weighted by Crippen LogP contribution is 2.24. The molecule has 23 heavy (non-hydrogen) atoms. The Kier molecular flexibility index (Phi) is 6.16. The first kappa shape index (κ1) is 17.9. The molecule has 0 spiro atoms. The summed E-state index contributed by atoms with van der Waals surface area (Å²) in [4.78, 5) is 30.5. The molecule has 2 amide bonds. The molecule has 0 radical (unpaired) electrons. The van der Waals surface area contributed by atoms with Crippen molar-refractivity contribution in [2.75, 3.05) is 18.4 Å². The van der Waals surface area contributed by atoms with Crippen molar-refractivity contribution in [3.05, 3.63) is 11.1 Å². The molecule has 1 aromatic heterocycles. The van der Waals surface area contributed by atoms with Crippen LogP contribution in [0.1, 0.15) is 58.6 Å². The topological polar surface area (TPSA) is 62.3 Å². The molecule has 0 unspecified atom stereocenters. The number of anilines is 1. The van der Waals surface area contributed by atoms with Crippen LogP contribution in [0.25, 0.3) is 0 Å². The van der Waals surface area contributed by atoms with E-state index in [1.807, 2.05) is 24.1 Å². The third-order valence-electron chi connectivity index (χ3n) is 4.25. The number of hydrogen-bond acceptors (Lipinski definition) is 4. The number of aromatic nitrogens is 1. The number of amides is 2. The number of carbonyl (C=O) groups is 2. The van der Waals surface area contributed by atoms with E-state index in [4.69, 9.17) is 0 Å². The Labute approximate surface area is 142 Å². The molecule has 0 bridgehead atoms. The largest absolute Gasteiger partial charge is 0.342 e. The number of hydrogen-bond donors (Lipinski definition) is 1. The van der Waals surface area contributed by atoms with Crippen molar-refractivity contribution < 1.29 is 9.59 Å². The van der Waals surface area contributed by atoms with E-state index in [2.05, 4.69) is 24.1 Å². The Hall–Kier alpha value is -1.43. The summed E-state index contributed by atoms with van der Waals surface area (Å²) in [6.45, 7) is 9.58. The number of carbonyl (C=O) groups excluding carboxylic acids is 2. The fraction of sp³-hybridized carbons (Fsp3) is 0.706. The van der Waals surface area contributed by atoms with Crippen LogP contribution in [0.15, 0.2) is 5.38 Å². The van der Waals surface area contributed by atoms with E-state index < -0.39 is 0 Å². The number of thiazole rings is 1. The Morgan fingerprint density at radius 1 is 1.30 bits per heavy atom. The van der Waals surface area contributed by atoms with E-state index >= 15 is 0 Å². The van der Waals surface area contributed by atoms with Gasteiger partial charge in [0, 0.05) is 30.8 Å². The molecular weight excluding hydrogens is 310 g/mol. The second-order valence-corrected chi connectivity index (χ2v) is 7.77. The van der Waals surface area contributed by atoms with E-state index in [9.17, 15) is 9.59 Å². The molecule has 128 valence electrons. The molecule has 0 saturated carbocycles. The molecule has 1 aliphatic heterocycles. The highest BCUT2D eigenvalue weighted by atomic mass is 32.1. The van der Waals surface area contributed by atoms with Crippen molar-refractivity contribution in [3.8, 4) is 0 Å². The summed E-state index contributed by atoms with van der Waals surface area (Å²) in [5.41, 5.74) is 1.02. The SMILES string of the molecule is CC(C)C(=O)N1CCC(CC(=O)Nc2nc(C(C)C)cs2)CC1. The van der Waals surface area contributed by atoms with E-state index in [0.29, 0.717) is 23.4 Å². The summed E-state index contributed by atoms with van der Waals surface area (Å²) in [7, 11) is 0. The van der Waals surface area contributed by atoms with Crippen LogP contribution in [0.5, 0.6) is 0 Å². The van der Waals surface area contributed by atoms with Crippen LogP contribution in [-0.2, 0) is 9.59 Å². The van der Waals surface area contributed by atoms with Gasteiger partial charge in [-0.3, -0.25) is 9.59 Å². The summed E-state index contributed by atoms with van der Waals surface area (Å²) in [6, 6.07) is 0. The van der Waals surface area contributed by atoms with Crippen LogP contribution in [0, 0.1) is 11.8 Å². The van der Waals surface area contributed by atoms with Gasteiger partial charge in [0.25, 0.3) is 0 Å². The van der Waals surface area contributed by atoms with E-state index in [-0.39, 0.29) is 17.7 Å². The smallest absolute Gasteiger partial charge is 0.226 e. The number of likely N-dealkylation sites (tertiary alicyclic amines) is 1. The summed E-state index contributed by atoms with van der Waals surface area (Å²) in [5.74, 6) is 1.03. The molecular formula is C17H27N3O2S. The maximum absolute atomic E-state index is 12.2. The van der Waals surface area contributed by atoms with Gasteiger partial charge < -0.3 is 10.2 Å². The van der Waals surface area contributed by atoms with Crippen molar-refractivity contribution in [2.24, 2.45) is 11.8 Å². The first-order valence-corrected chi connectivity index (χ1v) is 9.28. The maximum atomic E-state index is 12.2. The quantitative estimate of drug-likeness (QED) is 0.894. The highest BCUT2D eigenvalue weighted by molar-refractivity contribution is 7.13. The number of piperidine rings is 1. The lowest BCUT2D eigenvalue weighted by atomic mass is 9.92. The van der Waals surface area contributed by atoms with E-state index in [0.717, 1.165) is 31.6 Å². The zero-order valence-corrected chi connectivity index (χ0v) is 15.3. The minimum atomic E-state index is 0.0308. The van der Waals surface area contributed by atoms with Gasteiger partial charge in [-0.1, -0.05) is 27.7 Å². The third-order valence-corrected chi connectivity index (χ3v) is 5.03. The standard InChI is InChI=1S/C17H27N3O2S/c1-11(2)14-10-23-17(18-14)19-15(21)9-13-5-7-20(8-6-13)16(22)12(3)4/h10-13H,5-9H2,1-4H3,(H,18,19,21). The summed E-state index contributed by atoms with van der Waals surface area (Å²) >= 11 is 1.48. The first-order chi connectivity index (χ1) is 10.9. The average Bonchev–Trinajstić information content (AvgIpc) is 2.95. The first-order valence-electron chi connectivity index (χ1n) is 8.41. The molecule has 2 heterocycles. The lowest BCUT2D eigenvalue weighted by molar-refractivity contribution is -0.135. The fourth-order valence-corrected chi connectivity index (χ4v) is 3.65. The van der Waals surface area contributed by atoms with Crippen molar-refractivity contribution >= 4 is 28.3 Å².